The van der Waals surface area contributed by atoms with Crippen LogP contribution in [-0.2, 0) is 6.61 Å². The van der Waals surface area contributed by atoms with Crippen LogP contribution in [0.3, 0.4) is 0 Å². The molecule has 0 fully saturated rings. The molecule has 3 aromatic rings. The zero-order chi connectivity index (χ0) is 18.0. The third-order valence-corrected chi connectivity index (χ3v) is 4.14. The molecule has 2 N–H and O–H groups in total. The van der Waals surface area contributed by atoms with Gasteiger partial charge in [-0.2, -0.15) is 0 Å². The number of carbonyl (C=O) groups is 1. The number of para-hydroxylation sites is 1. The van der Waals surface area contributed by atoms with Gasteiger partial charge in [0.2, 0.25) is 0 Å². The minimum absolute atomic E-state index is 0.0918. The number of carbonyl (C=O) groups excluding carboxylic acids is 1. The Hall–Kier alpha value is -2.92. The maximum absolute atomic E-state index is 14.1. The number of aryl methyl sites for hydroxylation is 1. The second-order valence-corrected chi connectivity index (χ2v) is 5.88. The van der Waals surface area contributed by atoms with E-state index < -0.39 is 0 Å². The van der Waals surface area contributed by atoms with E-state index in [1.807, 2.05) is 6.92 Å². The lowest BCUT2D eigenvalue weighted by Crippen LogP contribution is -2.13. The van der Waals surface area contributed by atoms with Crippen LogP contribution in [0.25, 0.3) is 5.69 Å². The molecule has 1 aromatic heterocycles. The van der Waals surface area contributed by atoms with Crippen LogP contribution in [0.2, 0.25) is 0 Å². The number of aliphatic hydroxyl groups is 1. The van der Waals surface area contributed by atoms with Gasteiger partial charge in [0.15, 0.2) is 0 Å². The van der Waals surface area contributed by atoms with Crippen molar-refractivity contribution in [1.29, 1.82) is 0 Å². The minimum Gasteiger partial charge on any atom is -0.392 e. The van der Waals surface area contributed by atoms with Crippen molar-refractivity contribution >= 4 is 11.6 Å². The minimum atomic E-state index is -0.341. The van der Waals surface area contributed by atoms with Gasteiger partial charge in [-0.3, -0.25) is 4.79 Å². The van der Waals surface area contributed by atoms with Crippen molar-refractivity contribution in [2.24, 2.45) is 0 Å². The lowest BCUT2D eigenvalue weighted by Gasteiger charge is -2.11. The molecule has 4 nitrogen and oxygen atoms in total. The van der Waals surface area contributed by atoms with E-state index in [1.165, 1.54) is 6.07 Å². The Morgan fingerprint density at radius 3 is 2.60 bits per heavy atom. The normalized spacial score (nSPS) is 10.7. The van der Waals surface area contributed by atoms with Crippen LogP contribution >= 0.6 is 0 Å². The highest BCUT2D eigenvalue weighted by atomic mass is 19.1. The number of benzene rings is 2. The Balaban J connectivity index is 1.94. The highest BCUT2D eigenvalue weighted by molar-refractivity contribution is 6.05. The number of halogens is 1. The van der Waals surface area contributed by atoms with Crippen molar-refractivity contribution in [3.05, 3.63) is 82.9 Å². The molecule has 0 saturated carbocycles. The van der Waals surface area contributed by atoms with Gasteiger partial charge in [-0.1, -0.05) is 24.3 Å². The van der Waals surface area contributed by atoms with Gasteiger partial charge in [0, 0.05) is 17.1 Å². The van der Waals surface area contributed by atoms with Gasteiger partial charge in [-0.15, -0.1) is 0 Å². The molecule has 0 radical (unpaired) electrons. The first-order chi connectivity index (χ1) is 12.0. The van der Waals surface area contributed by atoms with E-state index in [9.17, 15) is 14.3 Å². The second-order valence-electron chi connectivity index (χ2n) is 5.88. The number of aromatic nitrogens is 1. The maximum atomic E-state index is 14.1. The molecule has 0 bridgehead atoms. The summed E-state index contributed by atoms with van der Waals surface area (Å²) < 4.78 is 15.9. The van der Waals surface area contributed by atoms with Gasteiger partial charge in [0.25, 0.3) is 5.91 Å². The van der Waals surface area contributed by atoms with Crippen LogP contribution in [-0.4, -0.2) is 15.6 Å². The summed E-state index contributed by atoms with van der Waals surface area (Å²) in [6, 6.07) is 15.2. The Labute approximate surface area is 145 Å². The molecular weight excluding hydrogens is 319 g/mol. The van der Waals surface area contributed by atoms with Crippen LogP contribution in [0.5, 0.6) is 0 Å². The van der Waals surface area contributed by atoms with E-state index in [4.69, 9.17) is 0 Å². The monoisotopic (exact) mass is 338 g/mol. The van der Waals surface area contributed by atoms with Gasteiger partial charge in [0.1, 0.15) is 5.82 Å². The molecule has 5 heteroatoms. The van der Waals surface area contributed by atoms with Crippen molar-refractivity contribution in [3.8, 4) is 5.69 Å². The lowest BCUT2D eigenvalue weighted by atomic mass is 10.2. The second kappa shape index (κ2) is 6.91. The van der Waals surface area contributed by atoms with Gasteiger partial charge < -0.3 is 15.0 Å². The summed E-state index contributed by atoms with van der Waals surface area (Å²) in [5.74, 6) is -0.613. The van der Waals surface area contributed by atoms with E-state index >= 15 is 0 Å². The summed E-state index contributed by atoms with van der Waals surface area (Å²) >= 11 is 0. The predicted octanol–water partition coefficient (Wildman–Crippen LogP) is 3.98. The fraction of sp³-hybridized carbons (Fsp3) is 0.150. The standard InChI is InChI=1S/C20H19FN2O2/c1-13-10-17(14(2)23(13)19-9-4-3-8-18(19)21)20(25)22-16-7-5-6-15(11-16)12-24/h3-11,24H,12H2,1-2H3,(H,22,25). The number of hydrogen-bond donors (Lipinski definition) is 2. The largest absolute Gasteiger partial charge is 0.392 e. The summed E-state index contributed by atoms with van der Waals surface area (Å²) in [5.41, 5.74) is 3.66. The third kappa shape index (κ3) is 3.32. The Morgan fingerprint density at radius 1 is 1.12 bits per heavy atom. The molecule has 0 unspecified atom stereocenters. The number of aliphatic hydroxyl groups excluding tert-OH is 1. The quantitative estimate of drug-likeness (QED) is 0.756. The number of nitrogens with zero attached hydrogens (tertiary/aromatic N) is 1. The van der Waals surface area contributed by atoms with Gasteiger partial charge >= 0.3 is 0 Å². The first-order valence-corrected chi connectivity index (χ1v) is 7.96. The molecule has 0 aliphatic heterocycles. The van der Waals surface area contributed by atoms with E-state index in [-0.39, 0.29) is 18.3 Å². The van der Waals surface area contributed by atoms with Crippen LogP contribution in [0.1, 0.15) is 27.3 Å². The van der Waals surface area contributed by atoms with Crippen molar-refractivity contribution in [3.63, 3.8) is 0 Å². The molecule has 0 aliphatic rings. The van der Waals surface area contributed by atoms with E-state index in [0.717, 1.165) is 11.3 Å². The molecule has 2 aromatic carbocycles. The number of rotatable bonds is 4. The molecule has 128 valence electrons. The smallest absolute Gasteiger partial charge is 0.257 e. The first kappa shape index (κ1) is 16.9. The molecule has 1 amide bonds. The third-order valence-electron chi connectivity index (χ3n) is 4.14. The molecule has 1 heterocycles. The topological polar surface area (TPSA) is 54.3 Å². The number of nitrogens with one attached hydrogen (secondary N) is 1. The lowest BCUT2D eigenvalue weighted by molar-refractivity contribution is 0.102. The number of amides is 1. The van der Waals surface area contributed by atoms with Gasteiger partial charge in [-0.25, -0.2) is 4.39 Å². The van der Waals surface area contributed by atoms with Crippen LogP contribution in [0.15, 0.2) is 54.6 Å². The van der Waals surface area contributed by atoms with Crippen molar-refractivity contribution in [2.45, 2.75) is 20.5 Å². The van der Waals surface area contributed by atoms with E-state index in [1.54, 1.807) is 60.0 Å². The number of hydrogen-bond acceptors (Lipinski definition) is 2. The molecule has 0 spiro atoms. The van der Waals surface area contributed by atoms with Crippen LogP contribution in [0.4, 0.5) is 10.1 Å². The summed E-state index contributed by atoms with van der Waals surface area (Å²) in [5, 5.41) is 12.0. The fourth-order valence-corrected chi connectivity index (χ4v) is 2.94. The van der Waals surface area contributed by atoms with Gasteiger partial charge in [0.05, 0.1) is 17.9 Å². The summed E-state index contributed by atoms with van der Waals surface area (Å²) in [6.07, 6.45) is 0. The summed E-state index contributed by atoms with van der Waals surface area (Å²) in [4.78, 5) is 12.6. The molecule has 0 atom stereocenters. The molecule has 0 aliphatic carbocycles. The average molecular weight is 338 g/mol. The van der Waals surface area contributed by atoms with Gasteiger partial charge in [-0.05, 0) is 49.7 Å². The fourth-order valence-electron chi connectivity index (χ4n) is 2.94. The van der Waals surface area contributed by atoms with Crippen LogP contribution in [0, 0.1) is 19.7 Å². The number of anilines is 1. The summed E-state index contributed by atoms with van der Waals surface area (Å²) in [7, 11) is 0. The molecule has 25 heavy (non-hydrogen) atoms. The Kier molecular flexibility index (Phi) is 4.67. The Bertz CT molecular complexity index is 931. The first-order valence-electron chi connectivity index (χ1n) is 7.96. The molecule has 0 saturated heterocycles. The molecular formula is C20H19FN2O2. The highest BCUT2D eigenvalue weighted by Crippen LogP contribution is 2.23. The molecule has 3 rings (SSSR count). The highest BCUT2D eigenvalue weighted by Gasteiger charge is 2.18. The zero-order valence-electron chi connectivity index (χ0n) is 14.1. The SMILES string of the molecule is Cc1cc(C(=O)Nc2cccc(CO)c2)c(C)n1-c1ccccc1F. The van der Waals surface area contributed by atoms with E-state index in [0.29, 0.717) is 22.6 Å². The van der Waals surface area contributed by atoms with Crippen molar-refractivity contribution in [1.82, 2.24) is 4.57 Å². The van der Waals surface area contributed by atoms with Crippen LogP contribution < -0.4 is 5.32 Å². The Morgan fingerprint density at radius 2 is 1.88 bits per heavy atom. The van der Waals surface area contributed by atoms with Crippen molar-refractivity contribution < 1.29 is 14.3 Å². The van der Waals surface area contributed by atoms with E-state index in [2.05, 4.69) is 5.32 Å². The average Bonchev–Trinajstić information content (AvgIpc) is 2.90. The zero-order valence-corrected chi connectivity index (χ0v) is 14.1. The maximum Gasteiger partial charge on any atom is 0.257 e. The van der Waals surface area contributed by atoms with Crippen molar-refractivity contribution in [2.75, 3.05) is 5.32 Å². The predicted molar refractivity (Wildman–Crippen MR) is 95.5 cm³/mol. The summed E-state index contributed by atoms with van der Waals surface area (Å²) in [6.45, 7) is 3.53.